The van der Waals surface area contributed by atoms with Gasteiger partial charge < -0.3 is 20.0 Å². The molecule has 0 bridgehead atoms. The van der Waals surface area contributed by atoms with Crippen molar-refractivity contribution in [3.8, 4) is 0 Å². The van der Waals surface area contributed by atoms with Gasteiger partial charge in [0.15, 0.2) is 5.76 Å². The van der Waals surface area contributed by atoms with Gasteiger partial charge >= 0.3 is 6.03 Å². The van der Waals surface area contributed by atoms with E-state index in [4.69, 9.17) is 4.42 Å². The third kappa shape index (κ3) is 3.90. The molecule has 2 heterocycles. The van der Waals surface area contributed by atoms with E-state index in [2.05, 4.69) is 10.6 Å². The van der Waals surface area contributed by atoms with Crippen molar-refractivity contribution in [3.05, 3.63) is 48.4 Å². The summed E-state index contributed by atoms with van der Waals surface area (Å²) in [6.07, 6.45) is 5.53. The number of imide groups is 1. The van der Waals surface area contributed by atoms with Crippen LogP contribution in [-0.2, 0) is 9.59 Å². The summed E-state index contributed by atoms with van der Waals surface area (Å²) in [7, 11) is 1.64. The van der Waals surface area contributed by atoms with Gasteiger partial charge in [0.1, 0.15) is 12.1 Å². The highest BCUT2D eigenvalue weighted by Gasteiger charge is 2.55. The zero-order valence-corrected chi connectivity index (χ0v) is 17.2. The van der Waals surface area contributed by atoms with Crippen LogP contribution in [0.1, 0.15) is 42.7 Å². The molecule has 162 valence electrons. The molecular weight excluding hydrogens is 400 g/mol. The Morgan fingerprint density at radius 2 is 1.65 bits per heavy atom. The topological polar surface area (TPSA) is 112 Å². The van der Waals surface area contributed by atoms with Crippen molar-refractivity contribution in [2.45, 2.75) is 37.6 Å². The molecule has 0 unspecified atom stereocenters. The molecule has 4 rings (SSSR count). The van der Waals surface area contributed by atoms with Crippen LogP contribution in [0.3, 0.4) is 0 Å². The molecule has 0 atom stereocenters. The third-order valence-corrected chi connectivity index (χ3v) is 5.96. The van der Waals surface area contributed by atoms with Crippen LogP contribution >= 0.6 is 0 Å². The molecule has 0 radical (unpaired) electrons. The van der Waals surface area contributed by atoms with Crippen LogP contribution in [0, 0.1) is 0 Å². The zero-order valence-electron chi connectivity index (χ0n) is 17.2. The number of nitrogens with one attached hydrogen (secondary N) is 2. The second-order valence-electron chi connectivity index (χ2n) is 7.88. The first-order valence-corrected chi connectivity index (χ1v) is 10.3. The van der Waals surface area contributed by atoms with E-state index in [0.717, 1.165) is 24.2 Å². The number of carbonyl (C=O) groups is 4. The minimum atomic E-state index is -0.802. The lowest BCUT2D eigenvalue weighted by Crippen LogP contribution is -2.49. The summed E-state index contributed by atoms with van der Waals surface area (Å²) in [6, 6.07) is 9.26. The predicted octanol–water partition coefficient (Wildman–Crippen LogP) is 3.07. The molecule has 2 fully saturated rings. The second kappa shape index (κ2) is 8.25. The first-order valence-electron chi connectivity index (χ1n) is 10.3. The minimum Gasteiger partial charge on any atom is -0.459 e. The van der Waals surface area contributed by atoms with Gasteiger partial charge in [-0.3, -0.25) is 19.3 Å². The van der Waals surface area contributed by atoms with Crippen LogP contribution in [0.2, 0.25) is 0 Å². The fraction of sp³-hybridized carbons (Fsp3) is 0.364. The van der Waals surface area contributed by atoms with Crippen LogP contribution in [-0.4, -0.2) is 52.7 Å². The fourth-order valence-electron chi connectivity index (χ4n) is 4.25. The quantitative estimate of drug-likeness (QED) is 0.717. The van der Waals surface area contributed by atoms with Crippen molar-refractivity contribution < 1.29 is 23.6 Å². The number of likely N-dealkylation sites (N-methyl/N-ethyl adjacent to an activating group) is 1. The second-order valence-corrected chi connectivity index (χ2v) is 7.88. The molecule has 1 aliphatic carbocycles. The summed E-state index contributed by atoms with van der Waals surface area (Å²) in [5, 5.41) is 5.37. The Bertz CT molecular complexity index is 993. The van der Waals surface area contributed by atoms with Crippen LogP contribution in [0.25, 0.3) is 0 Å². The highest BCUT2D eigenvalue weighted by molar-refractivity contribution is 6.10. The lowest BCUT2D eigenvalue weighted by molar-refractivity contribution is -0.136. The van der Waals surface area contributed by atoms with Crippen molar-refractivity contribution >= 4 is 35.1 Å². The molecule has 1 aromatic heterocycles. The Hall–Kier alpha value is -3.62. The third-order valence-electron chi connectivity index (χ3n) is 5.96. The molecule has 1 saturated carbocycles. The molecule has 31 heavy (non-hydrogen) atoms. The van der Waals surface area contributed by atoms with Crippen LogP contribution < -0.4 is 10.6 Å². The number of carbonyl (C=O) groups excluding carboxylic acids is 4. The number of rotatable bonds is 5. The molecule has 1 aromatic carbocycles. The summed E-state index contributed by atoms with van der Waals surface area (Å²) in [6.45, 7) is -0.333. The molecule has 2 aromatic rings. The van der Waals surface area contributed by atoms with Crippen LogP contribution in [0.5, 0.6) is 0 Å². The van der Waals surface area contributed by atoms with Gasteiger partial charge in [0.2, 0.25) is 5.91 Å². The Labute approximate surface area is 179 Å². The number of anilines is 2. The molecule has 1 aliphatic heterocycles. The van der Waals surface area contributed by atoms with Crippen molar-refractivity contribution in [3.63, 3.8) is 0 Å². The molecular formula is C22H24N4O5. The highest BCUT2D eigenvalue weighted by atomic mass is 16.3. The molecule has 2 N–H and O–H groups in total. The average molecular weight is 424 g/mol. The van der Waals surface area contributed by atoms with Gasteiger partial charge in [-0.05, 0) is 49.2 Å². The SMILES string of the molecule is CN1C(=O)N(CC(=O)Nc2ccc(NC(=O)c3ccco3)cc2)C(=O)C12CCCCC2. The summed E-state index contributed by atoms with van der Waals surface area (Å²) >= 11 is 0. The van der Waals surface area contributed by atoms with Gasteiger partial charge in [0, 0.05) is 18.4 Å². The van der Waals surface area contributed by atoms with E-state index >= 15 is 0 Å². The monoisotopic (exact) mass is 424 g/mol. The Morgan fingerprint density at radius 3 is 2.26 bits per heavy atom. The Kier molecular flexibility index (Phi) is 5.50. The van der Waals surface area contributed by atoms with E-state index in [1.807, 2.05) is 0 Å². The lowest BCUT2D eigenvalue weighted by atomic mass is 9.81. The first-order chi connectivity index (χ1) is 14.9. The number of furan rings is 1. The van der Waals surface area contributed by atoms with Gasteiger partial charge in [-0.15, -0.1) is 0 Å². The van der Waals surface area contributed by atoms with Gasteiger partial charge in [-0.2, -0.15) is 0 Å². The van der Waals surface area contributed by atoms with Crippen LogP contribution in [0.15, 0.2) is 47.1 Å². The average Bonchev–Trinajstić information content (AvgIpc) is 3.37. The smallest absolute Gasteiger partial charge is 0.327 e. The molecule has 1 spiro atoms. The zero-order chi connectivity index (χ0) is 22.0. The molecule has 1 saturated heterocycles. The normalized spacial score (nSPS) is 17.8. The van der Waals surface area contributed by atoms with Crippen molar-refractivity contribution in [2.75, 3.05) is 24.2 Å². The Morgan fingerprint density at radius 1 is 1.00 bits per heavy atom. The number of hydrogen-bond acceptors (Lipinski definition) is 5. The maximum absolute atomic E-state index is 13.0. The first kappa shape index (κ1) is 20.6. The number of urea groups is 1. The summed E-state index contributed by atoms with van der Waals surface area (Å²) in [4.78, 5) is 52.6. The summed E-state index contributed by atoms with van der Waals surface area (Å²) in [5.74, 6) is -0.937. The number of amides is 5. The van der Waals surface area contributed by atoms with E-state index < -0.39 is 17.5 Å². The van der Waals surface area contributed by atoms with Crippen molar-refractivity contribution in [2.24, 2.45) is 0 Å². The van der Waals surface area contributed by atoms with Crippen molar-refractivity contribution in [1.29, 1.82) is 0 Å². The number of nitrogens with zero attached hydrogens (tertiary/aromatic N) is 2. The summed E-state index contributed by atoms with van der Waals surface area (Å²) in [5.41, 5.74) is 0.217. The van der Waals surface area contributed by atoms with E-state index in [0.29, 0.717) is 24.2 Å². The van der Waals surface area contributed by atoms with Gasteiger partial charge in [-0.1, -0.05) is 19.3 Å². The maximum Gasteiger partial charge on any atom is 0.327 e. The van der Waals surface area contributed by atoms with Gasteiger partial charge in [0.05, 0.1) is 6.26 Å². The lowest BCUT2D eigenvalue weighted by Gasteiger charge is -2.35. The maximum atomic E-state index is 13.0. The van der Waals surface area contributed by atoms with E-state index in [9.17, 15) is 19.2 Å². The number of benzene rings is 1. The van der Waals surface area contributed by atoms with Gasteiger partial charge in [0.25, 0.3) is 11.8 Å². The van der Waals surface area contributed by atoms with Crippen molar-refractivity contribution in [1.82, 2.24) is 9.80 Å². The highest BCUT2D eigenvalue weighted by Crippen LogP contribution is 2.39. The molecule has 5 amide bonds. The van der Waals surface area contributed by atoms with Crippen LogP contribution in [0.4, 0.5) is 16.2 Å². The molecule has 9 heteroatoms. The standard InChI is InChI=1S/C22H24N4O5/c1-25-21(30)26(20(29)22(25)11-3-2-4-12-22)14-18(27)23-15-7-9-16(10-8-15)24-19(28)17-6-5-13-31-17/h5-10,13H,2-4,11-12,14H2,1H3,(H,23,27)(H,24,28). The van der Waals surface area contributed by atoms with E-state index in [1.54, 1.807) is 43.4 Å². The van der Waals surface area contributed by atoms with E-state index in [1.165, 1.54) is 11.2 Å². The predicted molar refractivity (Wildman–Crippen MR) is 112 cm³/mol. The fourth-order valence-corrected chi connectivity index (χ4v) is 4.25. The molecule has 9 nitrogen and oxygen atoms in total. The van der Waals surface area contributed by atoms with Gasteiger partial charge in [-0.25, -0.2) is 4.79 Å². The molecule has 2 aliphatic rings. The van der Waals surface area contributed by atoms with E-state index in [-0.39, 0.29) is 24.1 Å². The summed E-state index contributed by atoms with van der Waals surface area (Å²) < 4.78 is 5.04. The minimum absolute atomic E-state index is 0.193. The largest absolute Gasteiger partial charge is 0.459 e. The Balaban J connectivity index is 1.36. The number of hydrogen-bond donors (Lipinski definition) is 2.